The van der Waals surface area contributed by atoms with E-state index < -0.39 is 38.7 Å². The highest BCUT2D eigenvalue weighted by Gasteiger charge is 2.51. The molecule has 0 radical (unpaired) electrons. The van der Waals surface area contributed by atoms with Crippen LogP contribution in [0.25, 0.3) is 0 Å². The van der Waals surface area contributed by atoms with Gasteiger partial charge >= 0.3 is 6.18 Å². The summed E-state index contributed by atoms with van der Waals surface area (Å²) in [6.45, 7) is 0. The number of H-pyrrole nitrogens is 1. The Kier molecular flexibility index (Phi) is 3.90. The summed E-state index contributed by atoms with van der Waals surface area (Å²) in [7, 11) is -4.25. The number of benzene rings is 2. The van der Waals surface area contributed by atoms with Crippen molar-refractivity contribution < 1.29 is 21.6 Å². The Morgan fingerprint density at radius 2 is 1.90 bits per heavy atom. The number of aromatic amines is 1. The van der Waals surface area contributed by atoms with E-state index in [0.29, 0.717) is 28.6 Å². The Bertz CT molecular complexity index is 1240. The minimum absolute atomic E-state index is 0.306. The van der Waals surface area contributed by atoms with E-state index >= 15 is 0 Å². The summed E-state index contributed by atoms with van der Waals surface area (Å²) in [5.41, 5.74) is 1.86. The zero-order valence-corrected chi connectivity index (χ0v) is 16.2. The lowest BCUT2D eigenvalue weighted by molar-refractivity contribution is -0.137. The van der Waals surface area contributed by atoms with Crippen molar-refractivity contribution in [1.29, 1.82) is 0 Å². The molecule has 3 heterocycles. The van der Waals surface area contributed by atoms with Crippen LogP contribution in [0.15, 0.2) is 53.6 Å². The summed E-state index contributed by atoms with van der Waals surface area (Å²) in [5.74, 6) is 0. The number of hydrogen-bond acceptors (Lipinski definition) is 3. The summed E-state index contributed by atoms with van der Waals surface area (Å²) >= 11 is 6.40. The summed E-state index contributed by atoms with van der Waals surface area (Å²) < 4.78 is 67.8. The van der Waals surface area contributed by atoms with Crippen molar-refractivity contribution in [2.75, 3.05) is 0 Å². The fraction of sp³-hybridized carbons (Fsp3) is 0.211. The van der Waals surface area contributed by atoms with Crippen LogP contribution >= 0.6 is 11.6 Å². The first-order valence-electron chi connectivity index (χ1n) is 8.71. The maximum absolute atomic E-state index is 13.5. The lowest BCUT2D eigenvalue weighted by atomic mass is 10.0. The molecule has 3 aromatic rings. The third-order valence-electron chi connectivity index (χ3n) is 5.46. The quantitative estimate of drug-likeness (QED) is 0.640. The normalized spacial score (nSPS) is 21.1. The van der Waals surface area contributed by atoms with Gasteiger partial charge in [-0.15, -0.1) is 0 Å². The molecule has 1 N–H and O–H groups in total. The SMILES string of the molecule is O=S(=O)(c1cccc(C(F)(F)F)c1)N1[C@H]2c3cn[nH]c3C[C@@H]1c1c(Cl)cccc12. The first-order valence-corrected chi connectivity index (χ1v) is 10.5. The highest BCUT2D eigenvalue weighted by atomic mass is 35.5. The van der Waals surface area contributed by atoms with E-state index in [4.69, 9.17) is 11.6 Å². The van der Waals surface area contributed by atoms with E-state index in [1.54, 1.807) is 24.4 Å². The average molecular weight is 440 g/mol. The number of nitrogens with zero attached hydrogens (tertiary/aromatic N) is 2. The van der Waals surface area contributed by atoms with Gasteiger partial charge in [0.05, 0.1) is 28.7 Å². The van der Waals surface area contributed by atoms with Gasteiger partial charge in [-0.2, -0.15) is 22.6 Å². The van der Waals surface area contributed by atoms with Gasteiger partial charge in [0, 0.05) is 22.7 Å². The zero-order valence-electron chi connectivity index (χ0n) is 14.6. The van der Waals surface area contributed by atoms with Crippen LogP contribution in [0.4, 0.5) is 13.2 Å². The first kappa shape index (κ1) is 18.7. The van der Waals surface area contributed by atoms with E-state index in [-0.39, 0.29) is 0 Å². The second-order valence-corrected chi connectivity index (χ2v) is 9.28. The molecule has 5 rings (SSSR count). The van der Waals surface area contributed by atoms with E-state index in [2.05, 4.69) is 10.2 Å². The molecule has 29 heavy (non-hydrogen) atoms. The van der Waals surface area contributed by atoms with Crippen molar-refractivity contribution in [3.05, 3.63) is 81.6 Å². The smallest absolute Gasteiger partial charge is 0.282 e. The molecule has 10 heteroatoms. The minimum atomic E-state index is -4.64. The molecule has 0 saturated carbocycles. The van der Waals surface area contributed by atoms with Gasteiger partial charge in [-0.05, 0) is 35.4 Å². The third-order valence-corrected chi connectivity index (χ3v) is 7.66. The molecule has 0 spiro atoms. The molecule has 1 aromatic heterocycles. The van der Waals surface area contributed by atoms with Gasteiger partial charge in [0.1, 0.15) is 0 Å². The maximum atomic E-state index is 13.5. The van der Waals surface area contributed by atoms with E-state index in [1.165, 1.54) is 10.4 Å². The molecule has 0 aliphatic carbocycles. The molecule has 2 atom stereocenters. The number of hydrogen-bond donors (Lipinski definition) is 1. The molecule has 2 aliphatic heterocycles. The summed E-state index contributed by atoms with van der Waals surface area (Å²) in [4.78, 5) is -0.404. The molecule has 0 saturated heterocycles. The largest absolute Gasteiger partial charge is 0.416 e. The predicted octanol–water partition coefficient (Wildman–Crippen LogP) is 4.47. The highest BCUT2D eigenvalue weighted by molar-refractivity contribution is 7.89. The predicted molar refractivity (Wildman–Crippen MR) is 98.8 cm³/mol. The topological polar surface area (TPSA) is 66.1 Å². The molecule has 0 fully saturated rings. The molecule has 2 aromatic carbocycles. The monoisotopic (exact) mass is 439 g/mol. The van der Waals surface area contributed by atoms with Crippen LogP contribution in [-0.4, -0.2) is 22.9 Å². The Labute approximate surface area is 169 Å². The Balaban J connectivity index is 1.70. The lowest BCUT2D eigenvalue weighted by Crippen LogP contribution is -2.37. The van der Waals surface area contributed by atoms with Crippen LogP contribution in [0.3, 0.4) is 0 Å². The molecule has 150 valence electrons. The molecule has 5 nitrogen and oxygen atoms in total. The number of fused-ring (bicyclic) bond motifs is 7. The van der Waals surface area contributed by atoms with Gasteiger partial charge in [0.2, 0.25) is 10.0 Å². The van der Waals surface area contributed by atoms with Crippen LogP contribution < -0.4 is 0 Å². The lowest BCUT2D eigenvalue weighted by Gasteiger charge is -2.33. The molecular weight excluding hydrogens is 427 g/mol. The molecule has 2 bridgehead atoms. The standard InChI is InChI=1S/C19H13ClF3N3O2S/c20-14-6-2-5-12-17(14)16-8-15-13(9-24-25-15)18(12)26(16)29(27,28)11-4-1-3-10(7-11)19(21,22)23/h1-7,9,16,18H,8H2,(H,24,25)/t16-,18-/m1/s1. The number of alkyl halides is 3. The highest BCUT2D eigenvalue weighted by Crippen LogP contribution is 2.55. The van der Waals surface area contributed by atoms with E-state index in [0.717, 1.165) is 23.4 Å². The fourth-order valence-electron chi connectivity index (χ4n) is 4.26. The first-order chi connectivity index (χ1) is 13.7. The van der Waals surface area contributed by atoms with Gasteiger partial charge in [-0.3, -0.25) is 5.10 Å². The van der Waals surface area contributed by atoms with Crippen molar-refractivity contribution in [2.24, 2.45) is 0 Å². The Hall–Kier alpha value is -2.36. The third kappa shape index (κ3) is 2.64. The van der Waals surface area contributed by atoms with Crippen LogP contribution in [0, 0.1) is 0 Å². The van der Waals surface area contributed by atoms with Crippen LogP contribution in [0.5, 0.6) is 0 Å². The maximum Gasteiger partial charge on any atom is 0.416 e. The summed E-state index contributed by atoms with van der Waals surface area (Å²) in [6.07, 6.45) is -2.78. The van der Waals surface area contributed by atoms with Gasteiger partial charge in [0.15, 0.2) is 0 Å². The molecule has 0 amide bonds. The van der Waals surface area contributed by atoms with Crippen LogP contribution in [0.2, 0.25) is 5.02 Å². The second-order valence-electron chi connectivity index (χ2n) is 7.03. The number of nitrogens with one attached hydrogen (secondary N) is 1. The number of rotatable bonds is 2. The van der Waals surface area contributed by atoms with Crippen LogP contribution in [0.1, 0.15) is 40.0 Å². The van der Waals surface area contributed by atoms with Crippen LogP contribution in [-0.2, 0) is 22.6 Å². The molecule has 0 unspecified atom stereocenters. The molecular formula is C19H13ClF3N3O2S. The molecule has 2 aliphatic rings. The van der Waals surface area contributed by atoms with Crippen molar-refractivity contribution >= 4 is 21.6 Å². The van der Waals surface area contributed by atoms with Crippen molar-refractivity contribution in [1.82, 2.24) is 14.5 Å². The van der Waals surface area contributed by atoms with E-state index in [1.807, 2.05) is 0 Å². The van der Waals surface area contributed by atoms with Crippen molar-refractivity contribution in [2.45, 2.75) is 29.6 Å². The van der Waals surface area contributed by atoms with Gasteiger partial charge < -0.3 is 0 Å². The number of aromatic nitrogens is 2. The van der Waals surface area contributed by atoms with Gasteiger partial charge in [-0.25, -0.2) is 8.42 Å². The zero-order chi connectivity index (χ0) is 20.6. The summed E-state index contributed by atoms with van der Waals surface area (Å²) in [6, 6.07) is 7.69. The number of sulfonamides is 1. The van der Waals surface area contributed by atoms with Crippen molar-refractivity contribution in [3.63, 3.8) is 0 Å². The Morgan fingerprint density at radius 1 is 1.14 bits per heavy atom. The van der Waals surface area contributed by atoms with E-state index in [9.17, 15) is 21.6 Å². The average Bonchev–Trinajstić information content (AvgIpc) is 3.23. The van der Waals surface area contributed by atoms with Gasteiger partial charge in [0.25, 0.3) is 0 Å². The second kappa shape index (κ2) is 6.07. The van der Waals surface area contributed by atoms with Crippen molar-refractivity contribution in [3.8, 4) is 0 Å². The minimum Gasteiger partial charge on any atom is -0.282 e. The number of halogens is 4. The summed E-state index contributed by atoms with van der Waals surface area (Å²) in [5, 5.41) is 7.34. The fourth-order valence-corrected chi connectivity index (χ4v) is 6.36. The Morgan fingerprint density at radius 3 is 2.66 bits per heavy atom. The van der Waals surface area contributed by atoms with Gasteiger partial charge in [-0.1, -0.05) is 29.8 Å².